The molecule has 0 radical (unpaired) electrons. The number of halogens is 2. The van der Waals surface area contributed by atoms with Crippen LogP contribution in [-0.4, -0.2) is 66.4 Å². The molecular weight excluding hydrogens is 527 g/mol. The summed E-state index contributed by atoms with van der Waals surface area (Å²) in [6.45, 7) is 4.08. The molecule has 0 unspecified atom stereocenters. The molecule has 31 heavy (non-hydrogen) atoms. The van der Waals surface area contributed by atoms with E-state index in [9.17, 15) is 4.79 Å². The third-order valence-electron chi connectivity index (χ3n) is 4.97. The molecule has 0 bridgehead atoms. The van der Waals surface area contributed by atoms with Crippen LogP contribution in [-0.2, 0) is 11.3 Å². The van der Waals surface area contributed by atoms with Crippen molar-refractivity contribution in [3.8, 4) is 0 Å². The van der Waals surface area contributed by atoms with Crippen LogP contribution in [0.15, 0.2) is 53.7 Å². The second-order valence-corrected chi connectivity index (χ2v) is 7.62. The Morgan fingerprint density at radius 2 is 1.90 bits per heavy atom. The number of unbranched alkanes of at least 4 members (excludes halogenated alkanes) is 1. The van der Waals surface area contributed by atoms with Crippen LogP contribution in [0.25, 0.3) is 0 Å². The molecule has 1 amide bonds. The maximum absolute atomic E-state index is 12.6. The topological polar surface area (TPSA) is 72.9 Å². The Morgan fingerprint density at radius 3 is 2.58 bits per heavy atom. The van der Waals surface area contributed by atoms with Gasteiger partial charge in [0, 0.05) is 51.0 Å². The second-order valence-electron chi connectivity index (χ2n) is 7.19. The van der Waals surface area contributed by atoms with Gasteiger partial charge in [0.15, 0.2) is 5.96 Å². The van der Waals surface area contributed by atoms with Gasteiger partial charge in [0.05, 0.1) is 6.54 Å². The molecule has 0 spiro atoms. The molecule has 2 aromatic rings. The summed E-state index contributed by atoms with van der Waals surface area (Å²) in [6, 6.07) is 13.5. The maximum atomic E-state index is 12.6. The molecule has 3 rings (SSSR count). The van der Waals surface area contributed by atoms with Gasteiger partial charge in [-0.3, -0.25) is 9.79 Å². The Morgan fingerprint density at radius 1 is 1.13 bits per heavy atom. The summed E-state index contributed by atoms with van der Waals surface area (Å²) < 4.78 is 0. The van der Waals surface area contributed by atoms with E-state index < -0.39 is 0 Å². The van der Waals surface area contributed by atoms with Crippen molar-refractivity contribution in [3.05, 3.63) is 59.2 Å². The summed E-state index contributed by atoms with van der Waals surface area (Å²) in [5.41, 5.74) is 1.09. The number of benzene rings is 1. The molecule has 1 aromatic carbocycles. The maximum Gasteiger partial charge on any atom is 0.242 e. The molecule has 1 aromatic heterocycles. The van der Waals surface area contributed by atoms with Crippen LogP contribution in [0.4, 0.5) is 5.82 Å². The number of hydrogen-bond donors (Lipinski definition) is 2. The zero-order valence-electron chi connectivity index (χ0n) is 17.8. The van der Waals surface area contributed by atoms with Crippen molar-refractivity contribution in [2.75, 3.05) is 45.1 Å². The van der Waals surface area contributed by atoms with E-state index in [4.69, 9.17) is 11.6 Å². The zero-order valence-corrected chi connectivity index (χ0v) is 20.8. The molecular formula is C22H30ClIN6O. The molecule has 1 aliphatic heterocycles. The van der Waals surface area contributed by atoms with E-state index >= 15 is 0 Å². The lowest BCUT2D eigenvalue weighted by molar-refractivity contribution is -0.135. The Labute approximate surface area is 206 Å². The number of amides is 1. The molecule has 0 saturated carbocycles. The Balaban J connectivity index is 0.00000341. The van der Waals surface area contributed by atoms with E-state index in [-0.39, 0.29) is 29.9 Å². The lowest BCUT2D eigenvalue weighted by Crippen LogP contribution is -2.55. The number of aromatic nitrogens is 1. The van der Waals surface area contributed by atoms with Crippen molar-refractivity contribution < 1.29 is 4.79 Å². The number of guanidine groups is 1. The molecule has 0 aliphatic carbocycles. The van der Waals surface area contributed by atoms with E-state index in [1.807, 2.05) is 52.3 Å². The predicted octanol–water partition coefficient (Wildman–Crippen LogP) is 3.46. The van der Waals surface area contributed by atoms with Gasteiger partial charge in [-0.05, 0) is 42.7 Å². The highest BCUT2D eigenvalue weighted by molar-refractivity contribution is 14.0. The number of hydrogen-bond acceptors (Lipinski definition) is 4. The van der Waals surface area contributed by atoms with Gasteiger partial charge in [-0.2, -0.15) is 0 Å². The first-order chi connectivity index (χ1) is 14.7. The Kier molecular flexibility index (Phi) is 10.9. The summed E-state index contributed by atoms with van der Waals surface area (Å²) in [5, 5.41) is 7.39. The standard InChI is InChI=1S/C22H29ClN6O.HI/c1-24-22(27-13-5-4-12-26-20-6-2-3-11-25-20)29-15-14-28(21(30)17-29)16-18-7-9-19(23)10-8-18;/h2-3,6-11H,4-5,12-17H2,1H3,(H,24,27)(H,25,26);1H. The number of piperazine rings is 1. The minimum atomic E-state index is 0. The first kappa shape index (κ1) is 25.2. The molecule has 1 fully saturated rings. The summed E-state index contributed by atoms with van der Waals surface area (Å²) in [4.78, 5) is 25.1. The number of pyridine rings is 1. The number of nitrogens with zero attached hydrogens (tertiary/aromatic N) is 4. The van der Waals surface area contributed by atoms with Crippen molar-refractivity contribution in [3.63, 3.8) is 0 Å². The quantitative estimate of drug-likeness (QED) is 0.226. The molecule has 2 N–H and O–H groups in total. The van der Waals surface area contributed by atoms with Crippen molar-refractivity contribution in [1.82, 2.24) is 20.1 Å². The fourth-order valence-corrected chi connectivity index (χ4v) is 3.46. The SMILES string of the molecule is CN=C(NCCCCNc1ccccn1)N1CCN(Cc2ccc(Cl)cc2)C(=O)C1.I. The molecule has 7 nitrogen and oxygen atoms in total. The van der Waals surface area contributed by atoms with Crippen LogP contribution < -0.4 is 10.6 Å². The monoisotopic (exact) mass is 556 g/mol. The van der Waals surface area contributed by atoms with Crippen molar-refractivity contribution >= 4 is 53.3 Å². The van der Waals surface area contributed by atoms with Crippen molar-refractivity contribution in [1.29, 1.82) is 0 Å². The fourth-order valence-electron chi connectivity index (χ4n) is 3.33. The number of rotatable bonds is 8. The second kappa shape index (κ2) is 13.4. The van der Waals surface area contributed by atoms with Crippen LogP contribution in [0.2, 0.25) is 5.02 Å². The smallest absolute Gasteiger partial charge is 0.242 e. The number of carbonyl (C=O) groups is 1. The number of anilines is 1. The highest BCUT2D eigenvalue weighted by Gasteiger charge is 2.25. The van der Waals surface area contributed by atoms with Gasteiger partial charge in [0.1, 0.15) is 5.82 Å². The van der Waals surface area contributed by atoms with Gasteiger partial charge in [-0.15, -0.1) is 24.0 Å². The van der Waals surface area contributed by atoms with E-state index in [0.29, 0.717) is 24.7 Å². The largest absolute Gasteiger partial charge is 0.370 e. The average molecular weight is 557 g/mol. The first-order valence-corrected chi connectivity index (χ1v) is 10.7. The first-order valence-electron chi connectivity index (χ1n) is 10.3. The minimum Gasteiger partial charge on any atom is -0.370 e. The van der Waals surface area contributed by atoms with E-state index in [0.717, 1.165) is 49.8 Å². The Hall–Kier alpha value is -2.07. The van der Waals surface area contributed by atoms with Gasteiger partial charge < -0.3 is 20.4 Å². The van der Waals surface area contributed by atoms with Gasteiger partial charge in [-0.1, -0.05) is 29.8 Å². The Bertz CT molecular complexity index is 834. The fraction of sp³-hybridized carbons (Fsp3) is 0.409. The molecule has 1 saturated heterocycles. The molecule has 168 valence electrons. The highest BCUT2D eigenvalue weighted by Crippen LogP contribution is 2.13. The van der Waals surface area contributed by atoms with E-state index in [1.165, 1.54) is 0 Å². The van der Waals surface area contributed by atoms with Crippen molar-refractivity contribution in [2.24, 2.45) is 4.99 Å². The van der Waals surface area contributed by atoms with Gasteiger partial charge >= 0.3 is 0 Å². The third kappa shape index (κ3) is 8.17. The summed E-state index contributed by atoms with van der Waals surface area (Å²) in [7, 11) is 1.76. The zero-order chi connectivity index (χ0) is 21.2. The van der Waals surface area contributed by atoms with Crippen molar-refractivity contribution in [2.45, 2.75) is 19.4 Å². The van der Waals surface area contributed by atoms with Crippen LogP contribution in [0.1, 0.15) is 18.4 Å². The molecule has 0 atom stereocenters. The van der Waals surface area contributed by atoms with Gasteiger partial charge in [0.2, 0.25) is 5.91 Å². The normalized spacial score (nSPS) is 14.3. The highest BCUT2D eigenvalue weighted by atomic mass is 127. The summed E-state index contributed by atoms with van der Waals surface area (Å²) in [5.74, 6) is 1.79. The summed E-state index contributed by atoms with van der Waals surface area (Å²) >= 11 is 5.94. The minimum absolute atomic E-state index is 0. The van der Waals surface area contributed by atoms with E-state index in [1.54, 1.807) is 13.2 Å². The third-order valence-corrected chi connectivity index (χ3v) is 5.23. The molecule has 9 heteroatoms. The van der Waals surface area contributed by atoms with Crippen LogP contribution >= 0.6 is 35.6 Å². The molecule has 2 heterocycles. The number of nitrogens with one attached hydrogen (secondary N) is 2. The lowest BCUT2D eigenvalue weighted by Gasteiger charge is -2.36. The van der Waals surface area contributed by atoms with Crippen LogP contribution in [0, 0.1) is 0 Å². The van der Waals surface area contributed by atoms with Gasteiger partial charge in [-0.25, -0.2) is 4.98 Å². The van der Waals surface area contributed by atoms with Crippen LogP contribution in [0.3, 0.4) is 0 Å². The molecule has 1 aliphatic rings. The lowest BCUT2D eigenvalue weighted by atomic mass is 10.2. The average Bonchev–Trinajstić information content (AvgIpc) is 2.77. The predicted molar refractivity (Wildman–Crippen MR) is 137 cm³/mol. The summed E-state index contributed by atoms with van der Waals surface area (Å²) in [6.07, 6.45) is 3.81. The van der Waals surface area contributed by atoms with E-state index in [2.05, 4.69) is 20.6 Å². The number of aliphatic imine (C=N–C) groups is 1. The number of carbonyl (C=O) groups excluding carboxylic acids is 1. The van der Waals surface area contributed by atoms with Gasteiger partial charge in [0.25, 0.3) is 0 Å². The van der Waals surface area contributed by atoms with Crippen LogP contribution in [0.5, 0.6) is 0 Å².